The number of rotatable bonds is 5. The molecule has 0 saturated carbocycles. The number of ether oxygens (including phenoxy) is 1. The highest BCUT2D eigenvalue weighted by molar-refractivity contribution is 5.94. The van der Waals surface area contributed by atoms with Gasteiger partial charge in [0.1, 0.15) is 17.4 Å². The number of nitrogens with zero attached hydrogens (tertiary/aromatic N) is 1. The van der Waals surface area contributed by atoms with Gasteiger partial charge in [-0.15, -0.1) is 0 Å². The van der Waals surface area contributed by atoms with Gasteiger partial charge in [0.2, 0.25) is 5.91 Å². The number of carbonyl (C=O) groups excluding carboxylic acids is 1. The molecule has 3 aromatic carbocycles. The molecule has 2 N–H and O–H groups in total. The Morgan fingerprint density at radius 3 is 2.54 bits per heavy atom. The second-order valence-electron chi connectivity index (χ2n) is 6.40. The maximum atomic E-state index is 13.1. The first-order valence-electron chi connectivity index (χ1n) is 8.79. The SMILES string of the molecule is COc1ccc(CC(=O)Nc2ccc3nc(-c4ccc(F)cc4)[nH]c3c2)cc1. The highest BCUT2D eigenvalue weighted by Gasteiger charge is 2.09. The molecule has 0 aliphatic heterocycles. The lowest BCUT2D eigenvalue weighted by Gasteiger charge is -2.06. The van der Waals surface area contributed by atoms with Gasteiger partial charge in [-0.2, -0.15) is 0 Å². The largest absolute Gasteiger partial charge is 0.497 e. The van der Waals surface area contributed by atoms with Crippen LogP contribution in [0.3, 0.4) is 0 Å². The topological polar surface area (TPSA) is 67.0 Å². The summed E-state index contributed by atoms with van der Waals surface area (Å²) < 4.78 is 18.2. The van der Waals surface area contributed by atoms with E-state index in [1.165, 1.54) is 12.1 Å². The molecular formula is C22H18FN3O2. The number of imidazole rings is 1. The minimum atomic E-state index is -0.290. The summed E-state index contributed by atoms with van der Waals surface area (Å²) in [4.78, 5) is 20.1. The third-order valence-electron chi connectivity index (χ3n) is 4.41. The quantitative estimate of drug-likeness (QED) is 0.537. The van der Waals surface area contributed by atoms with Crippen molar-refractivity contribution >= 4 is 22.6 Å². The number of fused-ring (bicyclic) bond motifs is 1. The number of aromatic amines is 1. The van der Waals surface area contributed by atoms with Gasteiger partial charge < -0.3 is 15.0 Å². The van der Waals surface area contributed by atoms with E-state index >= 15 is 0 Å². The van der Waals surface area contributed by atoms with E-state index in [0.717, 1.165) is 27.9 Å². The summed E-state index contributed by atoms with van der Waals surface area (Å²) in [5.74, 6) is 1.01. The molecule has 28 heavy (non-hydrogen) atoms. The molecule has 6 heteroatoms. The lowest BCUT2D eigenvalue weighted by molar-refractivity contribution is -0.115. The monoisotopic (exact) mass is 375 g/mol. The number of carbonyl (C=O) groups is 1. The Kier molecular flexibility index (Phi) is 4.76. The van der Waals surface area contributed by atoms with Crippen molar-refractivity contribution in [3.63, 3.8) is 0 Å². The number of benzene rings is 3. The normalized spacial score (nSPS) is 10.8. The average Bonchev–Trinajstić information content (AvgIpc) is 3.12. The molecule has 0 fully saturated rings. The first kappa shape index (κ1) is 17.7. The Hall–Kier alpha value is -3.67. The molecule has 0 saturated heterocycles. The molecule has 0 radical (unpaired) electrons. The first-order chi connectivity index (χ1) is 13.6. The van der Waals surface area contributed by atoms with Gasteiger partial charge in [-0.25, -0.2) is 9.37 Å². The third-order valence-corrected chi connectivity index (χ3v) is 4.41. The number of aromatic nitrogens is 2. The van der Waals surface area contributed by atoms with Crippen molar-refractivity contribution in [3.8, 4) is 17.1 Å². The molecule has 5 nitrogen and oxygen atoms in total. The molecule has 1 heterocycles. The van der Waals surface area contributed by atoms with Gasteiger partial charge in [0.05, 0.1) is 24.6 Å². The summed E-state index contributed by atoms with van der Waals surface area (Å²) in [6.45, 7) is 0. The van der Waals surface area contributed by atoms with E-state index in [2.05, 4.69) is 15.3 Å². The Bertz CT molecular complexity index is 1120. The van der Waals surface area contributed by atoms with Crippen molar-refractivity contribution in [2.75, 3.05) is 12.4 Å². The molecular weight excluding hydrogens is 357 g/mol. The Morgan fingerprint density at radius 2 is 1.82 bits per heavy atom. The standard InChI is InChI=1S/C22H18FN3O2/c1-28-18-9-2-14(3-10-18)12-21(27)24-17-8-11-19-20(13-17)26-22(25-19)15-4-6-16(23)7-5-15/h2-11,13H,12H2,1H3,(H,24,27)(H,25,26). The summed E-state index contributed by atoms with van der Waals surface area (Å²) in [6.07, 6.45) is 0.270. The van der Waals surface area contributed by atoms with E-state index in [1.54, 1.807) is 19.2 Å². The van der Waals surface area contributed by atoms with Crippen LogP contribution in [0.4, 0.5) is 10.1 Å². The molecule has 1 aromatic heterocycles. The fraction of sp³-hybridized carbons (Fsp3) is 0.0909. The summed E-state index contributed by atoms with van der Waals surface area (Å²) >= 11 is 0. The number of methoxy groups -OCH3 is 1. The molecule has 0 atom stereocenters. The van der Waals surface area contributed by atoms with Crippen molar-refractivity contribution in [2.24, 2.45) is 0 Å². The van der Waals surface area contributed by atoms with Gasteiger partial charge in [0.15, 0.2) is 0 Å². The summed E-state index contributed by atoms with van der Waals surface area (Å²) in [5, 5.41) is 2.90. The minimum absolute atomic E-state index is 0.109. The van der Waals surface area contributed by atoms with Crippen molar-refractivity contribution in [2.45, 2.75) is 6.42 Å². The Morgan fingerprint density at radius 1 is 1.07 bits per heavy atom. The summed E-state index contributed by atoms with van der Waals surface area (Å²) in [7, 11) is 1.61. The van der Waals surface area contributed by atoms with E-state index in [4.69, 9.17) is 4.74 Å². The minimum Gasteiger partial charge on any atom is -0.497 e. The van der Waals surface area contributed by atoms with E-state index in [9.17, 15) is 9.18 Å². The van der Waals surface area contributed by atoms with Gasteiger partial charge in [-0.3, -0.25) is 4.79 Å². The number of anilines is 1. The van der Waals surface area contributed by atoms with Crippen LogP contribution in [0.15, 0.2) is 66.7 Å². The second kappa shape index (κ2) is 7.52. The zero-order chi connectivity index (χ0) is 19.5. The van der Waals surface area contributed by atoms with Crippen LogP contribution in [0.25, 0.3) is 22.4 Å². The number of H-pyrrole nitrogens is 1. The zero-order valence-electron chi connectivity index (χ0n) is 15.2. The van der Waals surface area contributed by atoms with E-state index in [-0.39, 0.29) is 18.1 Å². The fourth-order valence-electron chi connectivity index (χ4n) is 2.97. The van der Waals surface area contributed by atoms with Crippen molar-refractivity contribution in [1.82, 2.24) is 9.97 Å². The number of halogens is 1. The van der Waals surface area contributed by atoms with E-state index < -0.39 is 0 Å². The Labute approximate surface area is 161 Å². The highest BCUT2D eigenvalue weighted by atomic mass is 19.1. The van der Waals surface area contributed by atoms with Crippen LogP contribution in [0.2, 0.25) is 0 Å². The molecule has 4 aromatic rings. The molecule has 140 valence electrons. The van der Waals surface area contributed by atoms with Crippen LogP contribution in [0.5, 0.6) is 5.75 Å². The van der Waals surface area contributed by atoms with Crippen molar-refractivity contribution in [3.05, 3.63) is 78.1 Å². The molecule has 0 unspecified atom stereocenters. The smallest absolute Gasteiger partial charge is 0.228 e. The number of hydrogen-bond acceptors (Lipinski definition) is 3. The number of amides is 1. The molecule has 0 spiro atoms. The van der Waals surface area contributed by atoms with Gasteiger partial charge >= 0.3 is 0 Å². The summed E-state index contributed by atoms with van der Waals surface area (Å²) in [5.41, 5.74) is 3.94. The average molecular weight is 375 g/mol. The van der Waals surface area contributed by atoms with Crippen LogP contribution in [0.1, 0.15) is 5.56 Å². The Balaban J connectivity index is 1.49. The van der Waals surface area contributed by atoms with E-state index in [1.807, 2.05) is 42.5 Å². The van der Waals surface area contributed by atoms with Crippen LogP contribution in [-0.4, -0.2) is 23.0 Å². The molecule has 0 aliphatic rings. The zero-order valence-corrected chi connectivity index (χ0v) is 15.2. The lowest BCUT2D eigenvalue weighted by Crippen LogP contribution is -2.14. The first-order valence-corrected chi connectivity index (χ1v) is 8.79. The van der Waals surface area contributed by atoms with E-state index in [0.29, 0.717) is 11.5 Å². The number of nitrogens with one attached hydrogen (secondary N) is 2. The lowest BCUT2D eigenvalue weighted by atomic mass is 10.1. The van der Waals surface area contributed by atoms with Crippen LogP contribution >= 0.6 is 0 Å². The molecule has 0 aliphatic carbocycles. The fourth-order valence-corrected chi connectivity index (χ4v) is 2.97. The third kappa shape index (κ3) is 3.86. The predicted molar refractivity (Wildman–Crippen MR) is 107 cm³/mol. The van der Waals surface area contributed by atoms with Gasteiger partial charge in [-0.1, -0.05) is 12.1 Å². The molecule has 4 rings (SSSR count). The van der Waals surface area contributed by atoms with Gasteiger partial charge in [-0.05, 0) is 60.2 Å². The maximum Gasteiger partial charge on any atom is 0.228 e. The van der Waals surface area contributed by atoms with Crippen LogP contribution in [-0.2, 0) is 11.2 Å². The predicted octanol–water partition coefficient (Wildman–Crippen LogP) is 4.56. The van der Waals surface area contributed by atoms with Crippen LogP contribution in [0, 0.1) is 5.82 Å². The maximum absolute atomic E-state index is 13.1. The molecule has 0 bridgehead atoms. The second-order valence-corrected chi connectivity index (χ2v) is 6.40. The van der Waals surface area contributed by atoms with Gasteiger partial charge in [0, 0.05) is 11.3 Å². The van der Waals surface area contributed by atoms with Gasteiger partial charge in [0.25, 0.3) is 0 Å². The van der Waals surface area contributed by atoms with Crippen molar-refractivity contribution < 1.29 is 13.9 Å². The molecule has 1 amide bonds. The van der Waals surface area contributed by atoms with Crippen molar-refractivity contribution in [1.29, 1.82) is 0 Å². The number of hydrogen-bond donors (Lipinski definition) is 2. The summed E-state index contributed by atoms with van der Waals surface area (Å²) in [6, 6.07) is 19.0. The highest BCUT2D eigenvalue weighted by Crippen LogP contribution is 2.23. The van der Waals surface area contributed by atoms with Crippen LogP contribution < -0.4 is 10.1 Å².